The standard InChI is InChI=1S/C24H23N3O4/c28-23(19-7-4-8-20-21(19)30-16-29-20)26-12-10-24(11-13-26)22-17(9-14-31-24)15-27(25-22)18-5-2-1-3-6-18/h1-8,15H,9-14,16H2. The molecule has 4 heterocycles. The van der Waals surface area contributed by atoms with E-state index in [1.54, 1.807) is 6.07 Å². The number of aromatic nitrogens is 2. The van der Waals surface area contributed by atoms with Crippen molar-refractivity contribution in [2.75, 3.05) is 26.5 Å². The molecule has 1 spiro atoms. The van der Waals surface area contributed by atoms with E-state index in [1.807, 2.05) is 39.9 Å². The second kappa shape index (κ2) is 7.13. The van der Waals surface area contributed by atoms with Crippen LogP contribution in [0.1, 0.15) is 34.5 Å². The van der Waals surface area contributed by atoms with Crippen LogP contribution in [0.2, 0.25) is 0 Å². The third kappa shape index (κ3) is 2.99. The lowest BCUT2D eigenvalue weighted by Crippen LogP contribution is -2.48. The highest BCUT2D eigenvalue weighted by Crippen LogP contribution is 2.42. The number of likely N-dealkylation sites (tertiary alicyclic amines) is 1. The van der Waals surface area contributed by atoms with E-state index < -0.39 is 5.60 Å². The van der Waals surface area contributed by atoms with Crippen molar-refractivity contribution in [1.82, 2.24) is 14.7 Å². The summed E-state index contributed by atoms with van der Waals surface area (Å²) in [6, 6.07) is 15.6. The molecule has 3 aromatic rings. The van der Waals surface area contributed by atoms with E-state index in [2.05, 4.69) is 18.3 Å². The van der Waals surface area contributed by atoms with E-state index in [0.717, 1.165) is 30.6 Å². The number of ether oxygens (including phenoxy) is 3. The number of fused-ring (bicyclic) bond motifs is 3. The largest absolute Gasteiger partial charge is 0.454 e. The Kier molecular flexibility index (Phi) is 4.24. The third-order valence-electron chi connectivity index (χ3n) is 6.48. The van der Waals surface area contributed by atoms with Crippen molar-refractivity contribution in [3.63, 3.8) is 0 Å². The minimum Gasteiger partial charge on any atom is -0.454 e. The first-order valence-electron chi connectivity index (χ1n) is 10.7. The molecule has 0 bridgehead atoms. The minimum absolute atomic E-state index is 0.0250. The molecule has 0 atom stereocenters. The number of benzene rings is 2. The quantitative estimate of drug-likeness (QED) is 0.640. The number of amides is 1. The normalized spacial score (nSPS) is 18.8. The van der Waals surface area contributed by atoms with Gasteiger partial charge in [-0.3, -0.25) is 4.79 Å². The number of carbonyl (C=O) groups is 1. The van der Waals surface area contributed by atoms with Crippen molar-refractivity contribution in [3.05, 3.63) is 71.5 Å². The van der Waals surface area contributed by atoms with Gasteiger partial charge in [-0.1, -0.05) is 24.3 Å². The van der Waals surface area contributed by atoms with Gasteiger partial charge < -0.3 is 19.1 Å². The molecule has 1 saturated heterocycles. The van der Waals surface area contributed by atoms with Crippen molar-refractivity contribution >= 4 is 5.91 Å². The first-order valence-corrected chi connectivity index (χ1v) is 10.7. The van der Waals surface area contributed by atoms with Crippen LogP contribution < -0.4 is 9.47 Å². The van der Waals surface area contributed by atoms with Gasteiger partial charge in [-0.25, -0.2) is 4.68 Å². The fourth-order valence-electron chi connectivity index (χ4n) is 4.84. The van der Waals surface area contributed by atoms with Crippen molar-refractivity contribution in [2.45, 2.75) is 24.9 Å². The Labute approximate surface area is 180 Å². The molecule has 7 heteroatoms. The van der Waals surface area contributed by atoms with Gasteiger partial charge in [0.15, 0.2) is 11.5 Å². The van der Waals surface area contributed by atoms with E-state index in [0.29, 0.717) is 36.8 Å². The summed E-state index contributed by atoms with van der Waals surface area (Å²) in [4.78, 5) is 15.1. The molecular weight excluding hydrogens is 394 g/mol. The lowest BCUT2D eigenvalue weighted by atomic mass is 9.83. The molecule has 1 fully saturated rings. The van der Waals surface area contributed by atoms with Gasteiger partial charge in [0.25, 0.3) is 5.91 Å². The highest BCUT2D eigenvalue weighted by atomic mass is 16.7. The number of para-hydroxylation sites is 2. The van der Waals surface area contributed by atoms with Crippen molar-refractivity contribution in [3.8, 4) is 17.2 Å². The predicted octanol–water partition coefficient (Wildman–Crippen LogP) is 3.31. The summed E-state index contributed by atoms with van der Waals surface area (Å²) in [5.41, 5.74) is 3.43. The van der Waals surface area contributed by atoms with Gasteiger partial charge in [0, 0.05) is 19.3 Å². The molecule has 0 unspecified atom stereocenters. The maximum atomic E-state index is 13.2. The highest BCUT2D eigenvalue weighted by molar-refractivity contribution is 5.98. The summed E-state index contributed by atoms with van der Waals surface area (Å²) < 4.78 is 19.2. The van der Waals surface area contributed by atoms with Crippen molar-refractivity contribution < 1.29 is 19.0 Å². The summed E-state index contributed by atoms with van der Waals surface area (Å²) in [5, 5.41) is 4.92. The molecule has 0 N–H and O–H groups in total. The maximum absolute atomic E-state index is 13.2. The van der Waals surface area contributed by atoms with Gasteiger partial charge >= 0.3 is 0 Å². The Hall–Kier alpha value is -3.32. The summed E-state index contributed by atoms with van der Waals surface area (Å²) in [6.45, 7) is 2.06. The molecule has 7 nitrogen and oxygen atoms in total. The van der Waals surface area contributed by atoms with Crippen LogP contribution in [0.3, 0.4) is 0 Å². The van der Waals surface area contributed by atoms with Crippen LogP contribution in [0, 0.1) is 0 Å². The minimum atomic E-state index is -0.428. The van der Waals surface area contributed by atoms with Crippen LogP contribution in [0.15, 0.2) is 54.7 Å². The Morgan fingerprint density at radius 2 is 1.84 bits per heavy atom. The molecule has 0 radical (unpaired) electrons. The van der Waals surface area contributed by atoms with E-state index in [-0.39, 0.29) is 12.7 Å². The Morgan fingerprint density at radius 3 is 2.68 bits per heavy atom. The van der Waals surface area contributed by atoms with Gasteiger partial charge in [0.1, 0.15) is 5.60 Å². The fraction of sp³-hybridized carbons (Fsp3) is 0.333. The molecule has 2 aromatic carbocycles. The second-order valence-corrected chi connectivity index (χ2v) is 8.21. The van der Waals surface area contributed by atoms with E-state index in [4.69, 9.17) is 19.3 Å². The first-order chi connectivity index (χ1) is 15.2. The number of hydrogen-bond acceptors (Lipinski definition) is 5. The zero-order valence-electron chi connectivity index (χ0n) is 17.1. The monoisotopic (exact) mass is 417 g/mol. The average molecular weight is 417 g/mol. The van der Waals surface area contributed by atoms with Crippen LogP contribution in [0.5, 0.6) is 11.5 Å². The fourth-order valence-corrected chi connectivity index (χ4v) is 4.84. The summed E-state index contributed by atoms with van der Waals surface area (Å²) in [7, 11) is 0. The molecule has 3 aliphatic heterocycles. The number of rotatable bonds is 2. The van der Waals surface area contributed by atoms with E-state index in [9.17, 15) is 4.79 Å². The van der Waals surface area contributed by atoms with Crippen LogP contribution in [0.25, 0.3) is 5.69 Å². The van der Waals surface area contributed by atoms with Gasteiger partial charge in [0.2, 0.25) is 6.79 Å². The summed E-state index contributed by atoms with van der Waals surface area (Å²) in [5.74, 6) is 1.15. The molecule has 6 rings (SSSR count). The third-order valence-corrected chi connectivity index (χ3v) is 6.48. The van der Waals surface area contributed by atoms with Crippen molar-refractivity contribution in [2.24, 2.45) is 0 Å². The summed E-state index contributed by atoms with van der Waals surface area (Å²) >= 11 is 0. The number of piperidine rings is 1. The molecule has 1 aromatic heterocycles. The van der Waals surface area contributed by atoms with Gasteiger partial charge in [0.05, 0.1) is 23.6 Å². The van der Waals surface area contributed by atoms with Gasteiger partial charge in [-0.15, -0.1) is 0 Å². The van der Waals surface area contributed by atoms with Crippen LogP contribution in [0.4, 0.5) is 0 Å². The molecule has 0 saturated carbocycles. The van der Waals surface area contributed by atoms with Crippen molar-refractivity contribution in [1.29, 1.82) is 0 Å². The number of nitrogens with zero attached hydrogens (tertiary/aromatic N) is 3. The predicted molar refractivity (Wildman–Crippen MR) is 113 cm³/mol. The SMILES string of the molecule is O=C(c1cccc2c1OCO2)N1CCC2(CC1)OCCc1cn(-c3ccccc3)nc12. The molecule has 31 heavy (non-hydrogen) atoms. The first kappa shape index (κ1) is 18.4. The number of carbonyl (C=O) groups excluding carboxylic acids is 1. The number of hydrogen-bond donors (Lipinski definition) is 0. The average Bonchev–Trinajstić information content (AvgIpc) is 3.48. The Bertz CT molecular complexity index is 1130. The van der Waals surface area contributed by atoms with E-state index >= 15 is 0 Å². The zero-order chi connectivity index (χ0) is 20.8. The van der Waals surface area contributed by atoms with Crippen LogP contribution in [-0.4, -0.2) is 47.1 Å². The summed E-state index contributed by atoms with van der Waals surface area (Å²) in [6.07, 6.45) is 4.44. The van der Waals surface area contributed by atoms with Gasteiger partial charge in [-0.2, -0.15) is 5.10 Å². The zero-order valence-corrected chi connectivity index (χ0v) is 17.1. The molecule has 158 valence electrons. The maximum Gasteiger partial charge on any atom is 0.257 e. The molecule has 1 amide bonds. The smallest absolute Gasteiger partial charge is 0.257 e. The van der Waals surface area contributed by atoms with Crippen LogP contribution in [-0.2, 0) is 16.8 Å². The highest BCUT2D eigenvalue weighted by Gasteiger charge is 2.44. The second-order valence-electron chi connectivity index (χ2n) is 8.21. The van der Waals surface area contributed by atoms with Crippen LogP contribution >= 0.6 is 0 Å². The molecular formula is C24H23N3O4. The lowest BCUT2D eigenvalue weighted by molar-refractivity contribution is -0.0963. The Morgan fingerprint density at radius 1 is 1.00 bits per heavy atom. The topological polar surface area (TPSA) is 65.8 Å². The Balaban J connectivity index is 1.24. The van der Waals surface area contributed by atoms with E-state index in [1.165, 1.54) is 5.56 Å². The molecule has 0 aliphatic carbocycles. The molecule has 3 aliphatic rings. The lowest BCUT2D eigenvalue weighted by Gasteiger charge is -2.43. The van der Waals surface area contributed by atoms with Gasteiger partial charge in [-0.05, 0) is 49.1 Å².